The van der Waals surface area contributed by atoms with Gasteiger partial charge in [0.25, 0.3) is 0 Å². The van der Waals surface area contributed by atoms with Gasteiger partial charge < -0.3 is 24.4 Å². The van der Waals surface area contributed by atoms with Crippen LogP contribution in [0.1, 0.15) is 48.5 Å². The maximum absolute atomic E-state index is 10.1. The van der Waals surface area contributed by atoms with Crippen LogP contribution in [0.2, 0.25) is 5.02 Å². The van der Waals surface area contributed by atoms with Crippen molar-refractivity contribution < 1.29 is 24.4 Å². The molecule has 0 aromatic heterocycles. The van der Waals surface area contributed by atoms with Crippen molar-refractivity contribution in [2.45, 2.75) is 50.4 Å². The van der Waals surface area contributed by atoms with Crippen LogP contribution in [0.25, 0.3) is 0 Å². The molecule has 168 valence electrons. The molecule has 0 bridgehead atoms. The Morgan fingerprint density at radius 1 is 1.06 bits per heavy atom. The smallest absolute Gasteiger partial charge is 0.119 e. The first kappa shape index (κ1) is 22.6. The lowest BCUT2D eigenvalue weighted by Gasteiger charge is -2.32. The predicted molar refractivity (Wildman–Crippen MR) is 120 cm³/mol. The summed E-state index contributed by atoms with van der Waals surface area (Å²) in [5.74, 6) is 1.59. The van der Waals surface area contributed by atoms with Crippen LogP contribution in [0.5, 0.6) is 5.75 Å². The van der Waals surface area contributed by atoms with Crippen molar-refractivity contribution >= 4 is 11.6 Å². The maximum Gasteiger partial charge on any atom is 0.119 e. The Labute approximate surface area is 188 Å². The van der Waals surface area contributed by atoms with Crippen molar-refractivity contribution in [3.63, 3.8) is 0 Å². The highest BCUT2D eigenvalue weighted by Crippen LogP contribution is 2.34. The molecule has 2 N–H and O–H groups in total. The molecule has 2 aliphatic heterocycles. The van der Waals surface area contributed by atoms with Crippen LogP contribution < -0.4 is 4.74 Å². The minimum absolute atomic E-state index is 0.0859. The van der Waals surface area contributed by atoms with Crippen LogP contribution in [-0.4, -0.2) is 48.8 Å². The van der Waals surface area contributed by atoms with Crippen LogP contribution in [0, 0.1) is 5.92 Å². The number of hydrogen-bond acceptors (Lipinski definition) is 5. The van der Waals surface area contributed by atoms with Crippen LogP contribution in [0.15, 0.2) is 42.5 Å². The highest BCUT2D eigenvalue weighted by molar-refractivity contribution is 6.31. The third-order valence-electron chi connectivity index (χ3n) is 6.07. The van der Waals surface area contributed by atoms with E-state index in [0.29, 0.717) is 30.2 Å². The normalized spacial score (nSPS) is 24.0. The Morgan fingerprint density at radius 3 is 2.58 bits per heavy atom. The van der Waals surface area contributed by atoms with Gasteiger partial charge in [0.1, 0.15) is 5.75 Å². The maximum atomic E-state index is 10.1. The Bertz CT molecular complexity index is 836. The third-order valence-corrected chi connectivity index (χ3v) is 6.44. The number of benzene rings is 2. The molecule has 0 saturated carbocycles. The van der Waals surface area contributed by atoms with E-state index in [0.717, 1.165) is 55.1 Å². The molecular formula is C25H31ClO5. The third kappa shape index (κ3) is 6.21. The topological polar surface area (TPSA) is 68.2 Å². The summed E-state index contributed by atoms with van der Waals surface area (Å²) in [6.07, 6.45) is 2.87. The first-order chi connectivity index (χ1) is 15.1. The summed E-state index contributed by atoms with van der Waals surface area (Å²) in [4.78, 5) is 0. The summed E-state index contributed by atoms with van der Waals surface area (Å²) in [5, 5.41) is 20.2. The molecule has 3 atom stereocenters. The van der Waals surface area contributed by atoms with E-state index in [1.54, 1.807) is 0 Å². The second kappa shape index (κ2) is 10.8. The Balaban J connectivity index is 1.34. The van der Waals surface area contributed by atoms with Crippen LogP contribution >= 0.6 is 11.6 Å². The molecule has 2 aliphatic rings. The second-order valence-corrected chi connectivity index (χ2v) is 9.03. The van der Waals surface area contributed by atoms with E-state index in [1.165, 1.54) is 0 Å². The average molecular weight is 447 g/mol. The number of hydrogen-bond donors (Lipinski definition) is 2. The monoisotopic (exact) mass is 446 g/mol. The summed E-state index contributed by atoms with van der Waals surface area (Å²) in [6, 6.07) is 14.0. The summed E-state index contributed by atoms with van der Waals surface area (Å²) < 4.78 is 17.0. The van der Waals surface area contributed by atoms with Crippen LogP contribution in [0.4, 0.5) is 0 Å². The highest BCUT2D eigenvalue weighted by Gasteiger charge is 2.29. The zero-order chi connectivity index (χ0) is 21.6. The molecule has 6 heteroatoms. The van der Waals surface area contributed by atoms with E-state index < -0.39 is 6.10 Å². The van der Waals surface area contributed by atoms with Gasteiger partial charge in [0, 0.05) is 23.8 Å². The fourth-order valence-corrected chi connectivity index (χ4v) is 4.37. The van der Waals surface area contributed by atoms with E-state index in [4.69, 9.17) is 25.8 Å². The summed E-state index contributed by atoms with van der Waals surface area (Å²) in [6.45, 7) is 2.44. The van der Waals surface area contributed by atoms with Gasteiger partial charge in [-0.15, -0.1) is 0 Å². The van der Waals surface area contributed by atoms with E-state index in [9.17, 15) is 10.2 Å². The lowest BCUT2D eigenvalue weighted by atomic mass is 9.94. The Kier molecular flexibility index (Phi) is 7.86. The van der Waals surface area contributed by atoms with Crippen LogP contribution in [0.3, 0.4) is 0 Å². The second-order valence-electron chi connectivity index (χ2n) is 8.62. The minimum atomic E-state index is -0.468. The van der Waals surface area contributed by atoms with Gasteiger partial charge in [-0.1, -0.05) is 35.9 Å². The van der Waals surface area contributed by atoms with Gasteiger partial charge in [0.15, 0.2) is 0 Å². The molecular weight excluding hydrogens is 416 g/mol. The Morgan fingerprint density at radius 2 is 1.87 bits per heavy atom. The van der Waals surface area contributed by atoms with E-state index >= 15 is 0 Å². The van der Waals surface area contributed by atoms with Crippen LogP contribution in [-0.2, 0) is 15.9 Å². The largest absolute Gasteiger partial charge is 0.494 e. The zero-order valence-corrected chi connectivity index (χ0v) is 18.5. The molecule has 5 nitrogen and oxygen atoms in total. The standard InChI is InChI=1S/C25H31ClO5/c26-24-8-5-19(25-13-21(28)12-23(14-27)31-25)11-20(24)10-17-3-6-22(7-4-17)30-9-1-2-18-15-29-16-18/h3-8,11,18,21,23,25,27-28H,1-2,9-10,12-16H2. The fraction of sp³-hybridized carbons (Fsp3) is 0.520. The number of rotatable bonds is 9. The van der Waals surface area contributed by atoms with Gasteiger partial charge in [-0.25, -0.2) is 0 Å². The van der Waals surface area contributed by atoms with E-state index in [1.807, 2.05) is 30.3 Å². The molecule has 2 aromatic rings. The van der Waals surface area contributed by atoms with Gasteiger partial charge in [-0.2, -0.15) is 0 Å². The zero-order valence-electron chi connectivity index (χ0n) is 17.7. The average Bonchev–Trinajstić information content (AvgIpc) is 2.74. The van der Waals surface area contributed by atoms with Gasteiger partial charge in [-0.05, 0) is 54.2 Å². The molecule has 4 rings (SSSR count). The van der Waals surface area contributed by atoms with Crippen molar-refractivity contribution in [1.82, 2.24) is 0 Å². The van der Waals surface area contributed by atoms with Gasteiger partial charge in [-0.3, -0.25) is 0 Å². The molecule has 0 amide bonds. The van der Waals surface area contributed by atoms with E-state index in [-0.39, 0.29) is 18.8 Å². The number of halogens is 1. The number of aliphatic hydroxyl groups is 2. The molecule has 3 unspecified atom stereocenters. The molecule has 31 heavy (non-hydrogen) atoms. The number of ether oxygens (including phenoxy) is 3. The molecule has 2 fully saturated rings. The Hall–Kier alpha value is -1.63. The lowest BCUT2D eigenvalue weighted by molar-refractivity contribution is -0.113. The first-order valence-corrected chi connectivity index (χ1v) is 11.5. The molecule has 2 heterocycles. The quantitative estimate of drug-likeness (QED) is 0.562. The lowest BCUT2D eigenvalue weighted by Crippen LogP contribution is -2.33. The SMILES string of the molecule is OCC1CC(O)CC(c2ccc(Cl)c(Cc3ccc(OCCCC4COC4)cc3)c2)O1. The molecule has 0 radical (unpaired) electrons. The van der Waals surface area contributed by atoms with E-state index in [2.05, 4.69) is 12.1 Å². The minimum Gasteiger partial charge on any atom is -0.494 e. The van der Waals surface area contributed by atoms with Crippen molar-refractivity contribution in [2.75, 3.05) is 26.4 Å². The summed E-state index contributed by atoms with van der Waals surface area (Å²) >= 11 is 6.46. The molecule has 0 spiro atoms. The summed E-state index contributed by atoms with van der Waals surface area (Å²) in [7, 11) is 0. The highest BCUT2D eigenvalue weighted by atomic mass is 35.5. The van der Waals surface area contributed by atoms with Crippen molar-refractivity contribution in [2.24, 2.45) is 5.92 Å². The van der Waals surface area contributed by atoms with Crippen molar-refractivity contribution in [3.8, 4) is 5.75 Å². The predicted octanol–water partition coefficient (Wildman–Crippen LogP) is 4.31. The number of aliphatic hydroxyl groups excluding tert-OH is 2. The molecule has 2 saturated heterocycles. The van der Waals surface area contributed by atoms with Crippen molar-refractivity contribution in [3.05, 3.63) is 64.2 Å². The van der Waals surface area contributed by atoms with Crippen molar-refractivity contribution in [1.29, 1.82) is 0 Å². The van der Waals surface area contributed by atoms with Gasteiger partial charge >= 0.3 is 0 Å². The van der Waals surface area contributed by atoms with Gasteiger partial charge in [0.05, 0.1) is 44.7 Å². The van der Waals surface area contributed by atoms with Gasteiger partial charge in [0.2, 0.25) is 0 Å². The molecule has 0 aliphatic carbocycles. The fourth-order valence-electron chi connectivity index (χ4n) is 4.19. The summed E-state index contributed by atoms with van der Waals surface area (Å²) in [5.41, 5.74) is 3.14. The molecule has 2 aromatic carbocycles. The first-order valence-electron chi connectivity index (χ1n) is 11.1.